The van der Waals surface area contributed by atoms with Crippen molar-refractivity contribution < 1.29 is 9.35 Å². The molecule has 0 radical (unpaired) electrons. The minimum Gasteiger partial charge on any atom is -0.541 e. The van der Waals surface area contributed by atoms with Gasteiger partial charge in [0.25, 0.3) is 14.4 Å². The van der Waals surface area contributed by atoms with Gasteiger partial charge in [-0.3, -0.25) is 10.1 Å². The molecule has 0 aromatic carbocycles. The lowest BCUT2D eigenvalue weighted by Crippen LogP contribution is -2.49. The third kappa shape index (κ3) is 3.73. The fourth-order valence-electron chi connectivity index (χ4n) is 4.07. The molecule has 128 valence electrons. The number of rotatable bonds is 6. The topological polar surface area (TPSA) is 52.4 Å². The monoisotopic (exact) mass is 327 g/mol. The van der Waals surface area contributed by atoms with Crippen LogP contribution in [0.4, 0.5) is 0 Å². The lowest BCUT2D eigenvalue weighted by atomic mass is 9.78. The Morgan fingerprint density at radius 2 is 1.64 bits per heavy atom. The molecule has 1 unspecified atom stereocenters. The average molecular weight is 328 g/mol. The van der Waals surface area contributed by atoms with Crippen molar-refractivity contribution in [3.63, 3.8) is 0 Å². The van der Waals surface area contributed by atoms with E-state index in [9.17, 15) is 10.1 Å². The van der Waals surface area contributed by atoms with Crippen LogP contribution in [0.25, 0.3) is 0 Å². The van der Waals surface area contributed by atoms with Gasteiger partial charge in [0, 0.05) is 11.3 Å². The van der Waals surface area contributed by atoms with Gasteiger partial charge in [-0.1, -0.05) is 55.4 Å². The lowest BCUT2D eigenvalue weighted by Gasteiger charge is -2.44. The number of hydrogen-bond donors (Lipinski definition) is 0. The predicted octanol–water partition coefficient (Wildman–Crippen LogP) is 5.53. The van der Waals surface area contributed by atoms with Crippen molar-refractivity contribution in [2.45, 2.75) is 90.9 Å². The highest BCUT2D eigenvalue weighted by atomic mass is 28.4. The van der Waals surface area contributed by atoms with Crippen molar-refractivity contribution >= 4 is 8.32 Å². The summed E-state index contributed by atoms with van der Waals surface area (Å²) in [4.78, 5) is 11.4. The Hall–Kier alpha value is -0.843. The maximum absolute atomic E-state index is 11.5. The van der Waals surface area contributed by atoms with E-state index in [4.69, 9.17) is 4.43 Å². The van der Waals surface area contributed by atoms with Crippen LogP contribution in [0.1, 0.15) is 68.2 Å². The summed E-state index contributed by atoms with van der Waals surface area (Å²) in [5.74, 6) is 0.632. The molecule has 22 heavy (non-hydrogen) atoms. The largest absolute Gasteiger partial charge is 0.541 e. The summed E-state index contributed by atoms with van der Waals surface area (Å²) < 4.78 is 6.59. The number of allylic oxidation sites excluding steroid dienone is 1. The van der Waals surface area contributed by atoms with E-state index in [1.54, 1.807) is 0 Å². The van der Waals surface area contributed by atoms with Gasteiger partial charge in [0.05, 0.1) is 0 Å². The molecule has 0 fully saturated rings. The molecule has 1 rings (SSSR count). The minimum atomic E-state index is -2.12. The average Bonchev–Trinajstić information content (AvgIpc) is 2.35. The summed E-state index contributed by atoms with van der Waals surface area (Å²) in [6.07, 6.45) is 3.40. The second-order valence-electron chi connectivity index (χ2n) is 8.40. The molecule has 1 aliphatic rings. The van der Waals surface area contributed by atoms with Crippen LogP contribution >= 0.6 is 0 Å². The highest BCUT2D eigenvalue weighted by Crippen LogP contribution is 2.46. The Labute approximate surface area is 136 Å². The molecule has 0 saturated heterocycles. The first-order valence-electron chi connectivity index (χ1n) is 8.46. The summed E-state index contributed by atoms with van der Waals surface area (Å²) in [5.41, 5.74) is 1.25. The highest BCUT2D eigenvalue weighted by molar-refractivity contribution is 6.77. The van der Waals surface area contributed by atoms with E-state index >= 15 is 0 Å². The molecule has 1 atom stereocenters. The normalized spacial score (nSPS) is 22.1. The van der Waals surface area contributed by atoms with Crippen LogP contribution in [0.3, 0.4) is 0 Å². The third-order valence-electron chi connectivity index (χ3n) is 5.19. The van der Waals surface area contributed by atoms with E-state index in [2.05, 4.69) is 55.4 Å². The van der Waals surface area contributed by atoms with E-state index in [1.165, 1.54) is 0 Å². The zero-order chi connectivity index (χ0) is 17.3. The van der Waals surface area contributed by atoms with Crippen molar-refractivity contribution in [2.75, 3.05) is 0 Å². The summed E-state index contributed by atoms with van der Waals surface area (Å²) in [6.45, 7) is 17.4. The second kappa shape index (κ2) is 6.73. The van der Waals surface area contributed by atoms with Crippen molar-refractivity contribution in [3.8, 4) is 0 Å². The molecule has 0 aliphatic heterocycles. The summed E-state index contributed by atoms with van der Waals surface area (Å²) in [6, 6.07) is -0.688. The van der Waals surface area contributed by atoms with Crippen molar-refractivity contribution in [1.82, 2.24) is 0 Å². The van der Waals surface area contributed by atoms with Crippen LogP contribution in [-0.2, 0) is 4.43 Å². The zero-order valence-corrected chi connectivity index (χ0v) is 16.5. The molecular weight excluding hydrogens is 294 g/mol. The lowest BCUT2D eigenvalue weighted by molar-refractivity contribution is -0.520. The molecule has 0 amide bonds. The van der Waals surface area contributed by atoms with Gasteiger partial charge in [-0.05, 0) is 34.5 Å². The van der Waals surface area contributed by atoms with E-state index in [-0.39, 0.29) is 10.3 Å². The highest BCUT2D eigenvalue weighted by Gasteiger charge is 2.50. The molecule has 0 aromatic heterocycles. The summed E-state index contributed by atoms with van der Waals surface area (Å²) in [7, 11) is -2.12. The van der Waals surface area contributed by atoms with Crippen molar-refractivity contribution in [3.05, 3.63) is 21.9 Å². The van der Waals surface area contributed by atoms with Crippen LogP contribution in [0, 0.1) is 15.5 Å². The summed E-state index contributed by atoms with van der Waals surface area (Å²) in [5, 5.41) is 11.5. The van der Waals surface area contributed by atoms with E-state index in [0.717, 1.165) is 6.42 Å². The fraction of sp³-hybridized carbons (Fsp3) is 0.882. The minimum absolute atomic E-state index is 0.0255. The van der Waals surface area contributed by atoms with Crippen LogP contribution in [0.5, 0.6) is 0 Å². The molecule has 0 heterocycles. The first-order valence-corrected chi connectivity index (χ1v) is 10.6. The van der Waals surface area contributed by atoms with Gasteiger partial charge >= 0.3 is 0 Å². The number of nitrogens with zero attached hydrogens (tertiary/aromatic N) is 1. The standard InChI is InChI=1S/C17H33NO3Si/c1-12(2)22(13(3)4,14(5)6)21-16-9-10-17(7,8)11-15(16)18(19)20/h9,12-15H,10-11H2,1-8H3. The Balaban J connectivity index is 3.21. The molecule has 1 aliphatic carbocycles. The predicted molar refractivity (Wildman–Crippen MR) is 94.0 cm³/mol. The molecular formula is C17H33NO3Si. The first-order chi connectivity index (χ1) is 9.94. The van der Waals surface area contributed by atoms with Crippen LogP contribution in [0.2, 0.25) is 16.6 Å². The molecule has 5 heteroatoms. The van der Waals surface area contributed by atoms with Crippen LogP contribution in [0.15, 0.2) is 11.8 Å². The Kier molecular flexibility index (Phi) is 5.87. The van der Waals surface area contributed by atoms with Gasteiger partial charge in [-0.2, -0.15) is 0 Å². The molecule has 0 bridgehead atoms. The van der Waals surface area contributed by atoms with Crippen LogP contribution < -0.4 is 0 Å². The van der Waals surface area contributed by atoms with E-state index < -0.39 is 14.4 Å². The smallest absolute Gasteiger partial charge is 0.267 e. The van der Waals surface area contributed by atoms with Crippen molar-refractivity contribution in [2.24, 2.45) is 5.41 Å². The van der Waals surface area contributed by atoms with Gasteiger partial charge in [0.1, 0.15) is 0 Å². The van der Waals surface area contributed by atoms with Gasteiger partial charge in [0.15, 0.2) is 5.76 Å². The fourth-order valence-corrected chi connectivity index (χ4v) is 9.40. The second-order valence-corrected chi connectivity index (χ2v) is 13.8. The molecule has 0 saturated carbocycles. The Bertz CT molecular complexity index is 419. The van der Waals surface area contributed by atoms with E-state index in [1.807, 2.05) is 6.08 Å². The van der Waals surface area contributed by atoms with Crippen molar-refractivity contribution in [1.29, 1.82) is 0 Å². The SMILES string of the molecule is CC(C)[Si](OC1=CCC(C)(C)CC1[N+](=O)[O-])(C(C)C)C(C)C. The van der Waals surface area contributed by atoms with Gasteiger partial charge in [-0.25, -0.2) is 0 Å². The quantitative estimate of drug-likeness (QED) is 0.366. The zero-order valence-electron chi connectivity index (χ0n) is 15.5. The molecule has 4 nitrogen and oxygen atoms in total. The maximum Gasteiger partial charge on any atom is 0.267 e. The number of nitro groups is 1. The van der Waals surface area contributed by atoms with E-state index in [0.29, 0.717) is 28.8 Å². The maximum atomic E-state index is 11.5. The van der Waals surface area contributed by atoms with Gasteiger partial charge in [-0.15, -0.1) is 0 Å². The Morgan fingerprint density at radius 1 is 1.18 bits per heavy atom. The van der Waals surface area contributed by atoms with Gasteiger partial charge < -0.3 is 4.43 Å². The third-order valence-corrected chi connectivity index (χ3v) is 11.2. The summed E-state index contributed by atoms with van der Waals surface area (Å²) >= 11 is 0. The molecule has 0 spiro atoms. The van der Waals surface area contributed by atoms with Gasteiger partial charge in [0.2, 0.25) is 0 Å². The number of hydrogen-bond acceptors (Lipinski definition) is 3. The first kappa shape index (κ1) is 19.2. The molecule has 0 aromatic rings. The Morgan fingerprint density at radius 3 is 2.00 bits per heavy atom. The molecule has 0 N–H and O–H groups in total. The van der Waals surface area contributed by atoms with Crippen LogP contribution in [-0.4, -0.2) is 19.3 Å².